The highest BCUT2D eigenvalue weighted by Gasteiger charge is 2.08. The first-order chi connectivity index (χ1) is 12.9. The number of hydrogen-bond donors (Lipinski definition) is 1. The fourth-order valence-corrected chi connectivity index (χ4v) is 2.53. The van der Waals surface area contributed by atoms with E-state index in [4.69, 9.17) is 16.3 Å². The minimum absolute atomic E-state index is 0.0250. The average molecular weight is 390 g/mol. The number of hydrogen-bond acceptors (Lipinski definition) is 5. The van der Waals surface area contributed by atoms with E-state index in [1.54, 1.807) is 31.2 Å². The number of carbonyl (C=O) groups is 1. The van der Waals surface area contributed by atoms with Crippen LogP contribution in [0.2, 0.25) is 5.02 Å². The molecule has 0 aliphatic rings. The number of carbonyl (C=O) groups excluding carboxylic acids is 1. The molecular formula is C19H20ClN3O4. The SMILES string of the molecule is CC(=NNC(=O)CCCOc1ccc(Cl)cc1C)c1cccc([N+](=O)[O-])c1. The molecule has 0 aromatic heterocycles. The van der Waals surface area contributed by atoms with Crippen LogP contribution in [0.15, 0.2) is 47.6 Å². The minimum Gasteiger partial charge on any atom is -0.493 e. The summed E-state index contributed by atoms with van der Waals surface area (Å²) in [4.78, 5) is 22.2. The van der Waals surface area contributed by atoms with Gasteiger partial charge in [-0.15, -0.1) is 0 Å². The largest absolute Gasteiger partial charge is 0.493 e. The van der Waals surface area contributed by atoms with E-state index in [0.717, 1.165) is 11.3 Å². The Morgan fingerprint density at radius 1 is 1.30 bits per heavy atom. The van der Waals surface area contributed by atoms with Crippen molar-refractivity contribution < 1.29 is 14.5 Å². The predicted octanol–water partition coefficient (Wildman–Crippen LogP) is 4.26. The van der Waals surface area contributed by atoms with E-state index in [-0.39, 0.29) is 18.0 Å². The second-order valence-corrected chi connectivity index (χ2v) is 6.34. The molecule has 142 valence electrons. The molecule has 0 saturated carbocycles. The molecule has 27 heavy (non-hydrogen) atoms. The Hall–Kier alpha value is -2.93. The minimum atomic E-state index is -0.474. The summed E-state index contributed by atoms with van der Waals surface area (Å²) < 4.78 is 5.63. The summed E-state index contributed by atoms with van der Waals surface area (Å²) in [5.41, 5.74) is 4.42. The van der Waals surface area contributed by atoms with Crippen molar-refractivity contribution in [2.45, 2.75) is 26.7 Å². The standard InChI is InChI=1S/C19H20ClN3O4/c1-13-11-16(20)8-9-18(13)27-10-4-7-19(24)22-21-14(2)15-5-3-6-17(12-15)23(25)26/h3,5-6,8-9,11-12H,4,7,10H2,1-2H3,(H,22,24). The van der Waals surface area contributed by atoms with Crippen LogP contribution in [0.25, 0.3) is 0 Å². The third-order valence-corrected chi connectivity index (χ3v) is 4.00. The molecule has 8 heteroatoms. The number of nitrogens with zero attached hydrogens (tertiary/aromatic N) is 2. The molecule has 7 nitrogen and oxygen atoms in total. The van der Waals surface area contributed by atoms with E-state index in [2.05, 4.69) is 10.5 Å². The quantitative estimate of drug-likeness (QED) is 0.316. The summed E-state index contributed by atoms with van der Waals surface area (Å²) in [6.45, 7) is 3.97. The van der Waals surface area contributed by atoms with Gasteiger partial charge in [0.25, 0.3) is 5.69 Å². The van der Waals surface area contributed by atoms with Gasteiger partial charge >= 0.3 is 0 Å². The molecule has 0 heterocycles. The molecule has 0 saturated heterocycles. The average Bonchev–Trinajstić information content (AvgIpc) is 2.64. The number of non-ortho nitro benzene ring substituents is 1. The van der Waals surface area contributed by atoms with Crippen molar-refractivity contribution in [3.8, 4) is 5.75 Å². The van der Waals surface area contributed by atoms with E-state index >= 15 is 0 Å². The number of rotatable bonds is 8. The van der Waals surface area contributed by atoms with Gasteiger partial charge in [0.2, 0.25) is 5.91 Å². The van der Waals surface area contributed by atoms with Gasteiger partial charge in [0.05, 0.1) is 17.2 Å². The highest BCUT2D eigenvalue weighted by Crippen LogP contribution is 2.21. The van der Waals surface area contributed by atoms with Crippen LogP contribution in [-0.2, 0) is 4.79 Å². The van der Waals surface area contributed by atoms with E-state index < -0.39 is 4.92 Å². The Balaban J connectivity index is 1.79. The second-order valence-electron chi connectivity index (χ2n) is 5.90. The summed E-state index contributed by atoms with van der Waals surface area (Å²) in [5.74, 6) is 0.482. The zero-order valence-corrected chi connectivity index (χ0v) is 15.8. The van der Waals surface area contributed by atoms with E-state index in [9.17, 15) is 14.9 Å². The van der Waals surface area contributed by atoms with Gasteiger partial charge in [-0.05, 0) is 44.0 Å². The van der Waals surface area contributed by atoms with Crippen molar-refractivity contribution in [3.05, 3.63) is 68.7 Å². The van der Waals surface area contributed by atoms with E-state index in [1.807, 2.05) is 13.0 Å². The predicted molar refractivity (Wildman–Crippen MR) is 104 cm³/mol. The van der Waals surface area contributed by atoms with Gasteiger partial charge in [0.1, 0.15) is 5.75 Å². The number of hydrazone groups is 1. The highest BCUT2D eigenvalue weighted by molar-refractivity contribution is 6.30. The molecule has 0 radical (unpaired) electrons. The topological polar surface area (TPSA) is 93.8 Å². The lowest BCUT2D eigenvalue weighted by Gasteiger charge is -2.09. The normalized spacial score (nSPS) is 11.1. The van der Waals surface area contributed by atoms with Gasteiger partial charge in [-0.2, -0.15) is 5.10 Å². The van der Waals surface area contributed by atoms with E-state index in [0.29, 0.717) is 29.3 Å². The van der Waals surface area contributed by atoms with Gasteiger partial charge in [0.15, 0.2) is 0 Å². The lowest BCUT2D eigenvalue weighted by molar-refractivity contribution is -0.384. The van der Waals surface area contributed by atoms with Crippen LogP contribution < -0.4 is 10.2 Å². The summed E-state index contributed by atoms with van der Waals surface area (Å²) in [6, 6.07) is 11.4. The Morgan fingerprint density at radius 3 is 2.78 bits per heavy atom. The number of halogens is 1. The number of nitro groups is 1. The molecule has 2 aromatic rings. The fourth-order valence-electron chi connectivity index (χ4n) is 2.30. The summed E-state index contributed by atoms with van der Waals surface area (Å²) in [6.07, 6.45) is 0.775. The Bertz CT molecular complexity index is 868. The maximum atomic E-state index is 11.9. The van der Waals surface area contributed by atoms with Gasteiger partial charge < -0.3 is 4.74 Å². The fraction of sp³-hybridized carbons (Fsp3) is 0.263. The molecule has 0 spiro atoms. The van der Waals surface area contributed by atoms with Crippen molar-refractivity contribution in [1.29, 1.82) is 0 Å². The number of ether oxygens (including phenoxy) is 1. The summed E-state index contributed by atoms with van der Waals surface area (Å²) in [5, 5.41) is 15.5. The molecule has 2 aromatic carbocycles. The van der Waals surface area contributed by atoms with Crippen LogP contribution in [0.4, 0.5) is 5.69 Å². The molecule has 0 atom stereocenters. The monoisotopic (exact) mass is 389 g/mol. The van der Waals surface area contributed by atoms with Crippen LogP contribution in [0, 0.1) is 17.0 Å². The lowest BCUT2D eigenvalue weighted by atomic mass is 10.1. The number of aryl methyl sites for hydroxylation is 1. The van der Waals surface area contributed by atoms with E-state index in [1.165, 1.54) is 12.1 Å². The molecule has 0 bridgehead atoms. The number of nitro benzene ring substituents is 1. The van der Waals surface area contributed by atoms with Crippen molar-refractivity contribution in [3.63, 3.8) is 0 Å². The molecule has 1 N–H and O–H groups in total. The van der Waals surface area contributed by atoms with Crippen LogP contribution in [0.1, 0.15) is 30.9 Å². The molecule has 0 aliphatic heterocycles. The third-order valence-electron chi connectivity index (χ3n) is 3.77. The van der Waals surface area contributed by atoms with Crippen molar-refractivity contribution in [1.82, 2.24) is 5.43 Å². The molecule has 0 fully saturated rings. The molecule has 1 amide bonds. The van der Waals surface area contributed by atoms with Crippen LogP contribution >= 0.6 is 11.6 Å². The summed E-state index contributed by atoms with van der Waals surface area (Å²) in [7, 11) is 0. The maximum Gasteiger partial charge on any atom is 0.270 e. The van der Waals surface area contributed by atoms with Crippen LogP contribution in [0.5, 0.6) is 5.75 Å². The zero-order valence-electron chi connectivity index (χ0n) is 15.1. The first kappa shape index (κ1) is 20.4. The number of benzene rings is 2. The molecule has 0 unspecified atom stereocenters. The van der Waals surface area contributed by atoms with Crippen LogP contribution in [0.3, 0.4) is 0 Å². The van der Waals surface area contributed by atoms with Crippen LogP contribution in [-0.4, -0.2) is 23.1 Å². The van der Waals surface area contributed by atoms with Gasteiger partial charge in [-0.3, -0.25) is 14.9 Å². The lowest BCUT2D eigenvalue weighted by Crippen LogP contribution is -2.19. The molecular weight excluding hydrogens is 370 g/mol. The number of nitrogens with one attached hydrogen (secondary N) is 1. The molecule has 2 rings (SSSR count). The Labute approximate surface area is 162 Å². The Kier molecular flexibility index (Phi) is 7.31. The number of amides is 1. The van der Waals surface area contributed by atoms with Crippen molar-refractivity contribution >= 4 is 28.9 Å². The Morgan fingerprint density at radius 2 is 2.07 bits per heavy atom. The highest BCUT2D eigenvalue weighted by atomic mass is 35.5. The zero-order chi connectivity index (χ0) is 19.8. The van der Waals surface area contributed by atoms with Crippen molar-refractivity contribution in [2.75, 3.05) is 6.61 Å². The second kappa shape index (κ2) is 9.68. The first-order valence-electron chi connectivity index (χ1n) is 8.33. The summed E-state index contributed by atoms with van der Waals surface area (Å²) >= 11 is 5.89. The van der Waals surface area contributed by atoms with Gasteiger partial charge in [-0.1, -0.05) is 23.7 Å². The van der Waals surface area contributed by atoms with Crippen molar-refractivity contribution in [2.24, 2.45) is 5.10 Å². The maximum absolute atomic E-state index is 11.9. The van der Waals surface area contributed by atoms with Gasteiger partial charge in [-0.25, -0.2) is 5.43 Å². The molecule has 0 aliphatic carbocycles. The first-order valence-corrected chi connectivity index (χ1v) is 8.71. The third kappa shape index (κ3) is 6.38. The smallest absolute Gasteiger partial charge is 0.270 e. The van der Waals surface area contributed by atoms with Gasteiger partial charge in [0, 0.05) is 29.1 Å².